The van der Waals surface area contributed by atoms with Gasteiger partial charge in [0.2, 0.25) is 0 Å². The Morgan fingerprint density at radius 2 is 2.39 bits per heavy atom. The van der Waals surface area contributed by atoms with Crippen LogP contribution >= 0.6 is 11.3 Å². The zero-order chi connectivity index (χ0) is 15.8. The number of aromatic amines is 2. The number of H-pyrrole nitrogens is 2. The van der Waals surface area contributed by atoms with E-state index in [1.54, 1.807) is 6.20 Å². The van der Waals surface area contributed by atoms with Gasteiger partial charge in [0.05, 0.1) is 23.4 Å². The number of fused-ring (bicyclic) bond motifs is 1. The van der Waals surface area contributed by atoms with Crippen molar-refractivity contribution in [3.8, 4) is 0 Å². The van der Waals surface area contributed by atoms with E-state index in [-0.39, 0.29) is 11.8 Å². The number of aromatic nitrogens is 5. The molecule has 1 aliphatic heterocycles. The second-order valence-corrected chi connectivity index (χ2v) is 6.33. The van der Waals surface area contributed by atoms with E-state index >= 15 is 0 Å². The number of rotatable bonds is 3. The Morgan fingerprint density at radius 1 is 1.48 bits per heavy atom. The molecule has 7 nitrogen and oxygen atoms in total. The van der Waals surface area contributed by atoms with Crippen LogP contribution in [-0.2, 0) is 13.0 Å². The maximum Gasteiger partial charge on any atom is 0.255 e. The Balaban J connectivity index is 1.68. The van der Waals surface area contributed by atoms with Gasteiger partial charge in [-0.05, 0) is 11.4 Å². The minimum absolute atomic E-state index is 0.0364. The normalized spacial score (nSPS) is 17.3. The first-order valence-electron chi connectivity index (χ1n) is 7.51. The molecule has 4 heterocycles. The van der Waals surface area contributed by atoms with Gasteiger partial charge in [-0.15, -0.1) is 0 Å². The predicted octanol–water partition coefficient (Wildman–Crippen LogP) is 1.94. The summed E-state index contributed by atoms with van der Waals surface area (Å²) in [6, 6.07) is 1.86. The molecule has 1 atom stereocenters. The van der Waals surface area contributed by atoms with Crippen molar-refractivity contribution < 1.29 is 4.79 Å². The van der Waals surface area contributed by atoms with Gasteiger partial charge >= 0.3 is 0 Å². The number of aryl methyl sites for hydroxylation is 1. The van der Waals surface area contributed by atoms with Crippen molar-refractivity contribution >= 4 is 17.2 Å². The number of carbonyl (C=O) groups excluding carboxylic acids is 1. The lowest BCUT2D eigenvalue weighted by Crippen LogP contribution is -2.38. The minimum Gasteiger partial charge on any atom is -0.333 e. The summed E-state index contributed by atoms with van der Waals surface area (Å²) in [5.74, 6) is 1.51. The van der Waals surface area contributed by atoms with Gasteiger partial charge < -0.3 is 4.90 Å². The van der Waals surface area contributed by atoms with Crippen LogP contribution in [0.4, 0.5) is 0 Å². The van der Waals surface area contributed by atoms with Gasteiger partial charge in [-0.2, -0.15) is 21.5 Å². The third-order valence-corrected chi connectivity index (χ3v) is 4.80. The van der Waals surface area contributed by atoms with E-state index in [9.17, 15) is 4.79 Å². The van der Waals surface area contributed by atoms with Crippen molar-refractivity contribution in [2.75, 3.05) is 6.54 Å². The fraction of sp³-hybridized carbons (Fsp3) is 0.333. The average Bonchev–Trinajstić information content (AvgIpc) is 3.33. The summed E-state index contributed by atoms with van der Waals surface area (Å²) in [4.78, 5) is 19.1. The van der Waals surface area contributed by atoms with Crippen LogP contribution < -0.4 is 0 Å². The maximum atomic E-state index is 12.7. The lowest BCUT2D eigenvalue weighted by molar-refractivity contribution is 0.0723. The lowest BCUT2D eigenvalue weighted by Gasteiger charge is -2.31. The molecule has 0 saturated heterocycles. The highest BCUT2D eigenvalue weighted by Crippen LogP contribution is 2.31. The Bertz CT molecular complexity index is 821. The van der Waals surface area contributed by atoms with Crippen molar-refractivity contribution in [1.82, 2.24) is 30.3 Å². The molecule has 2 N–H and O–H groups in total. The molecule has 4 rings (SSSR count). The number of nitrogens with one attached hydrogen (secondary N) is 2. The van der Waals surface area contributed by atoms with Gasteiger partial charge in [0.1, 0.15) is 5.82 Å². The molecule has 3 aromatic rings. The molecule has 1 unspecified atom stereocenters. The molecule has 0 saturated carbocycles. The molecule has 0 fully saturated rings. The van der Waals surface area contributed by atoms with Crippen molar-refractivity contribution in [1.29, 1.82) is 0 Å². The molecule has 0 bridgehead atoms. The van der Waals surface area contributed by atoms with E-state index in [4.69, 9.17) is 0 Å². The molecule has 118 valence electrons. The molecule has 1 aliphatic rings. The molecule has 0 aliphatic carbocycles. The summed E-state index contributed by atoms with van der Waals surface area (Å²) in [6.45, 7) is 3.13. The van der Waals surface area contributed by atoms with Gasteiger partial charge in [0.25, 0.3) is 5.91 Å². The van der Waals surface area contributed by atoms with Crippen molar-refractivity contribution in [2.24, 2.45) is 0 Å². The van der Waals surface area contributed by atoms with Crippen LogP contribution in [0.5, 0.6) is 0 Å². The Morgan fingerprint density at radius 3 is 3.13 bits per heavy atom. The first kappa shape index (κ1) is 14.1. The summed E-state index contributed by atoms with van der Waals surface area (Å²) >= 11 is 1.53. The van der Waals surface area contributed by atoms with Crippen LogP contribution in [0.1, 0.15) is 46.1 Å². The van der Waals surface area contributed by atoms with Crippen LogP contribution in [0, 0.1) is 0 Å². The first-order valence-corrected chi connectivity index (χ1v) is 8.45. The Labute approximate surface area is 136 Å². The second-order valence-electron chi connectivity index (χ2n) is 5.55. The summed E-state index contributed by atoms with van der Waals surface area (Å²) in [6.07, 6.45) is 2.58. The van der Waals surface area contributed by atoms with Crippen LogP contribution in [-0.4, -0.2) is 42.7 Å². The SMILES string of the molecule is CCc1nc(C2CN(C(=O)c3ccsc3)Cc3cn[nH]c32)n[nH]1. The molecule has 0 spiro atoms. The van der Waals surface area contributed by atoms with Crippen LogP contribution in [0.25, 0.3) is 0 Å². The topological polar surface area (TPSA) is 90.6 Å². The summed E-state index contributed by atoms with van der Waals surface area (Å²) in [5.41, 5.74) is 2.75. The van der Waals surface area contributed by atoms with Gasteiger partial charge in [0.15, 0.2) is 5.82 Å². The second kappa shape index (κ2) is 5.62. The van der Waals surface area contributed by atoms with E-state index in [1.807, 2.05) is 28.7 Å². The third-order valence-electron chi connectivity index (χ3n) is 4.11. The first-order chi connectivity index (χ1) is 11.3. The van der Waals surface area contributed by atoms with Gasteiger partial charge in [-0.1, -0.05) is 6.92 Å². The maximum absolute atomic E-state index is 12.7. The standard InChI is InChI=1S/C15H16N6OS/c1-2-12-17-14(20-18-12)11-7-21(6-10-5-16-19-13(10)11)15(22)9-3-4-23-8-9/h3-5,8,11H,2,6-7H2,1H3,(H,16,19)(H,17,18,20). The van der Waals surface area contributed by atoms with E-state index in [1.165, 1.54) is 11.3 Å². The smallest absolute Gasteiger partial charge is 0.255 e. The van der Waals surface area contributed by atoms with Crippen LogP contribution in [0.15, 0.2) is 23.0 Å². The van der Waals surface area contributed by atoms with Crippen molar-refractivity contribution in [3.63, 3.8) is 0 Å². The molecular formula is C15H16N6OS. The highest BCUT2D eigenvalue weighted by Gasteiger charge is 2.33. The minimum atomic E-state index is -0.0830. The fourth-order valence-corrected chi connectivity index (χ4v) is 3.52. The zero-order valence-corrected chi connectivity index (χ0v) is 13.4. The lowest BCUT2D eigenvalue weighted by atomic mass is 9.95. The zero-order valence-electron chi connectivity index (χ0n) is 12.6. The molecule has 0 radical (unpaired) electrons. The summed E-state index contributed by atoms with van der Waals surface area (Å²) in [7, 11) is 0. The molecular weight excluding hydrogens is 312 g/mol. The Kier molecular flexibility index (Phi) is 3.45. The number of thiophene rings is 1. The Hall–Kier alpha value is -2.48. The monoisotopic (exact) mass is 328 g/mol. The molecule has 8 heteroatoms. The number of hydrogen-bond donors (Lipinski definition) is 2. The molecule has 3 aromatic heterocycles. The molecule has 1 amide bonds. The molecule has 0 aromatic carbocycles. The van der Waals surface area contributed by atoms with E-state index < -0.39 is 0 Å². The largest absolute Gasteiger partial charge is 0.333 e. The summed E-state index contributed by atoms with van der Waals surface area (Å²) in [5, 5.41) is 18.3. The van der Waals surface area contributed by atoms with E-state index in [0.29, 0.717) is 18.9 Å². The van der Waals surface area contributed by atoms with Gasteiger partial charge in [0, 0.05) is 30.5 Å². The van der Waals surface area contributed by atoms with Gasteiger partial charge in [-0.3, -0.25) is 15.0 Å². The van der Waals surface area contributed by atoms with Crippen LogP contribution in [0.2, 0.25) is 0 Å². The van der Waals surface area contributed by atoms with Crippen LogP contribution in [0.3, 0.4) is 0 Å². The van der Waals surface area contributed by atoms with Gasteiger partial charge in [-0.25, -0.2) is 4.98 Å². The summed E-state index contributed by atoms with van der Waals surface area (Å²) < 4.78 is 0. The van der Waals surface area contributed by atoms with Crippen molar-refractivity contribution in [2.45, 2.75) is 25.8 Å². The third kappa shape index (κ3) is 2.44. The number of hydrogen-bond acceptors (Lipinski definition) is 5. The quantitative estimate of drug-likeness (QED) is 0.769. The van der Waals surface area contributed by atoms with Crippen molar-refractivity contribution in [3.05, 3.63) is 51.5 Å². The molecule has 23 heavy (non-hydrogen) atoms. The number of carbonyl (C=O) groups is 1. The highest BCUT2D eigenvalue weighted by molar-refractivity contribution is 7.08. The van der Waals surface area contributed by atoms with E-state index in [2.05, 4.69) is 25.4 Å². The number of nitrogens with zero attached hydrogens (tertiary/aromatic N) is 4. The fourth-order valence-electron chi connectivity index (χ4n) is 2.89. The highest BCUT2D eigenvalue weighted by atomic mass is 32.1. The van der Waals surface area contributed by atoms with E-state index in [0.717, 1.165) is 29.1 Å². The number of amides is 1. The predicted molar refractivity (Wildman–Crippen MR) is 85.3 cm³/mol. The average molecular weight is 328 g/mol.